The summed E-state index contributed by atoms with van der Waals surface area (Å²) in [5.74, 6) is 0.437. The van der Waals surface area contributed by atoms with Crippen LogP contribution in [0.2, 0.25) is 0 Å². The summed E-state index contributed by atoms with van der Waals surface area (Å²) >= 11 is 0. The molecule has 0 aliphatic carbocycles. The molecule has 1 aromatic carbocycles. The number of nitrogens with one attached hydrogen (secondary N) is 1. The Morgan fingerprint density at radius 2 is 2.33 bits per heavy atom. The van der Waals surface area contributed by atoms with Crippen LogP contribution in [0.15, 0.2) is 24.4 Å². The van der Waals surface area contributed by atoms with Gasteiger partial charge in [-0.2, -0.15) is 5.10 Å². The lowest BCUT2D eigenvalue weighted by Gasteiger charge is -2.27. The number of halogens is 1. The molecule has 0 spiro atoms. The molecular formula is C11H12FN3. The molecule has 3 rings (SSSR count). The van der Waals surface area contributed by atoms with E-state index >= 15 is 0 Å². The minimum absolute atomic E-state index is 0.198. The predicted octanol–water partition coefficient (Wildman–Crippen LogP) is 1.39. The fraction of sp³-hybridized carbons (Fsp3) is 0.364. The van der Waals surface area contributed by atoms with Crippen LogP contribution in [0, 0.1) is 11.7 Å². The SMILES string of the molecule is Fc1ccc2cnn(CC3CNC3)c2c1. The summed E-state index contributed by atoms with van der Waals surface area (Å²) in [5.41, 5.74) is 0.891. The summed E-state index contributed by atoms with van der Waals surface area (Å²) < 4.78 is 15.0. The van der Waals surface area contributed by atoms with Crippen LogP contribution in [0.3, 0.4) is 0 Å². The first kappa shape index (κ1) is 8.85. The average molecular weight is 205 g/mol. The second-order valence-corrected chi connectivity index (χ2v) is 4.05. The van der Waals surface area contributed by atoms with Crippen LogP contribution in [-0.2, 0) is 6.54 Å². The smallest absolute Gasteiger partial charge is 0.125 e. The predicted molar refractivity (Wildman–Crippen MR) is 56.1 cm³/mol. The van der Waals surface area contributed by atoms with E-state index in [2.05, 4.69) is 10.4 Å². The Kier molecular flexibility index (Phi) is 1.95. The largest absolute Gasteiger partial charge is 0.316 e. The van der Waals surface area contributed by atoms with Gasteiger partial charge in [-0.05, 0) is 18.2 Å². The van der Waals surface area contributed by atoms with Gasteiger partial charge >= 0.3 is 0 Å². The first-order valence-electron chi connectivity index (χ1n) is 5.15. The highest BCUT2D eigenvalue weighted by atomic mass is 19.1. The molecule has 15 heavy (non-hydrogen) atoms. The molecule has 3 nitrogen and oxygen atoms in total. The Morgan fingerprint density at radius 1 is 1.47 bits per heavy atom. The summed E-state index contributed by atoms with van der Waals surface area (Å²) in [5, 5.41) is 8.50. The zero-order chi connectivity index (χ0) is 10.3. The molecular weight excluding hydrogens is 193 g/mol. The standard InChI is InChI=1S/C11H12FN3/c12-10-2-1-9-6-14-15(11(9)3-10)7-8-4-13-5-8/h1-3,6,8,13H,4-5,7H2. The molecule has 2 heterocycles. The average Bonchev–Trinajstić information content (AvgIpc) is 2.54. The lowest BCUT2D eigenvalue weighted by Crippen LogP contribution is -2.44. The number of nitrogens with zero attached hydrogens (tertiary/aromatic N) is 2. The van der Waals surface area contributed by atoms with Crippen LogP contribution >= 0.6 is 0 Å². The van der Waals surface area contributed by atoms with Gasteiger partial charge in [-0.1, -0.05) is 0 Å². The van der Waals surface area contributed by atoms with Crippen LogP contribution in [0.5, 0.6) is 0 Å². The van der Waals surface area contributed by atoms with Crippen molar-refractivity contribution in [1.82, 2.24) is 15.1 Å². The van der Waals surface area contributed by atoms with E-state index in [1.807, 2.05) is 4.68 Å². The van der Waals surface area contributed by atoms with Crippen molar-refractivity contribution >= 4 is 10.9 Å². The highest BCUT2D eigenvalue weighted by molar-refractivity contribution is 5.78. The summed E-state index contributed by atoms with van der Waals surface area (Å²) in [7, 11) is 0. The Bertz CT molecular complexity index is 488. The zero-order valence-electron chi connectivity index (χ0n) is 8.28. The van der Waals surface area contributed by atoms with Gasteiger partial charge in [0.2, 0.25) is 0 Å². The fourth-order valence-corrected chi connectivity index (χ4v) is 1.91. The van der Waals surface area contributed by atoms with Crippen molar-refractivity contribution in [3.63, 3.8) is 0 Å². The van der Waals surface area contributed by atoms with E-state index in [9.17, 15) is 4.39 Å². The third-order valence-corrected chi connectivity index (χ3v) is 2.90. The first-order valence-corrected chi connectivity index (χ1v) is 5.15. The molecule has 0 unspecified atom stereocenters. The zero-order valence-corrected chi connectivity index (χ0v) is 8.28. The number of rotatable bonds is 2. The Labute approximate surface area is 86.9 Å². The molecule has 0 amide bonds. The van der Waals surface area contributed by atoms with Gasteiger partial charge in [0.05, 0.1) is 11.7 Å². The van der Waals surface area contributed by atoms with Crippen molar-refractivity contribution < 1.29 is 4.39 Å². The highest BCUT2D eigenvalue weighted by Crippen LogP contribution is 2.17. The second-order valence-electron chi connectivity index (χ2n) is 4.05. The van der Waals surface area contributed by atoms with Crippen molar-refractivity contribution in [1.29, 1.82) is 0 Å². The van der Waals surface area contributed by atoms with E-state index in [-0.39, 0.29) is 5.82 Å². The Morgan fingerprint density at radius 3 is 3.07 bits per heavy atom. The molecule has 1 aromatic heterocycles. The van der Waals surface area contributed by atoms with Gasteiger partial charge in [0, 0.05) is 30.9 Å². The van der Waals surface area contributed by atoms with Crippen molar-refractivity contribution in [2.45, 2.75) is 6.54 Å². The molecule has 0 saturated carbocycles. The molecule has 0 bridgehead atoms. The molecule has 78 valence electrons. The highest BCUT2D eigenvalue weighted by Gasteiger charge is 2.18. The third kappa shape index (κ3) is 1.51. The molecule has 1 fully saturated rings. The van der Waals surface area contributed by atoms with Gasteiger partial charge in [0.1, 0.15) is 5.82 Å². The van der Waals surface area contributed by atoms with E-state index in [4.69, 9.17) is 0 Å². The summed E-state index contributed by atoms with van der Waals surface area (Å²) in [4.78, 5) is 0. The van der Waals surface area contributed by atoms with Crippen molar-refractivity contribution in [3.8, 4) is 0 Å². The number of hydrogen-bond donors (Lipinski definition) is 1. The van der Waals surface area contributed by atoms with Crippen molar-refractivity contribution in [3.05, 3.63) is 30.2 Å². The van der Waals surface area contributed by atoms with E-state index in [0.29, 0.717) is 5.92 Å². The molecule has 1 saturated heterocycles. The third-order valence-electron chi connectivity index (χ3n) is 2.90. The maximum Gasteiger partial charge on any atom is 0.125 e. The van der Waals surface area contributed by atoms with Crippen molar-refractivity contribution in [2.24, 2.45) is 5.92 Å². The first-order chi connectivity index (χ1) is 7.33. The Balaban J connectivity index is 1.98. The van der Waals surface area contributed by atoms with E-state index < -0.39 is 0 Å². The maximum atomic E-state index is 13.1. The number of benzene rings is 1. The molecule has 2 aromatic rings. The molecule has 0 atom stereocenters. The summed E-state index contributed by atoms with van der Waals surface area (Å²) in [6, 6.07) is 4.79. The van der Waals surface area contributed by atoms with Gasteiger partial charge in [0.25, 0.3) is 0 Å². The van der Waals surface area contributed by atoms with Crippen LogP contribution < -0.4 is 5.32 Å². The van der Waals surface area contributed by atoms with E-state index in [1.54, 1.807) is 18.3 Å². The number of fused-ring (bicyclic) bond motifs is 1. The summed E-state index contributed by atoms with van der Waals surface area (Å²) in [6.45, 7) is 2.95. The fourth-order valence-electron chi connectivity index (χ4n) is 1.91. The molecule has 1 aliphatic rings. The number of aromatic nitrogens is 2. The minimum atomic E-state index is -0.198. The monoisotopic (exact) mass is 205 g/mol. The quantitative estimate of drug-likeness (QED) is 0.803. The van der Waals surface area contributed by atoms with Gasteiger partial charge in [-0.25, -0.2) is 4.39 Å². The van der Waals surface area contributed by atoms with Crippen molar-refractivity contribution in [2.75, 3.05) is 13.1 Å². The van der Waals surface area contributed by atoms with Gasteiger partial charge in [0.15, 0.2) is 0 Å². The van der Waals surface area contributed by atoms with Crippen LogP contribution in [0.1, 0.15) is 0 Å². The van der Waals surface area contributed by atoms with E-state index in [0.717, 1.165) is 30.5 Å². The number of hydrogen-bond acceptors (Lipinski definition) is 2. The second kappa shape index (κ2) is 3.31. The van der Waals surface area contributed by atoms with Gasteiger partial charge in [-0.3, -0.25) is 4.68 Å². The maximum absolute atomic E-state index is 13.1. The summed E-state index contributed by atoms with van der Waals surface area (Å²) in [6.07, 6.45) is 1.79. The van der Waals surface area contributed by atoms with Crippen LogP contribution in [-0.4, -0.2) is 22.9 Å². The van der Waals surface area contributed by atoms with Crippen LogP contribution in [0.25, 0.3) is 10.9 Å². The molecule has 1 N–H and O–H groups in total. The lowest BCUT2D eigenvalue weighted by molar-refractivity contribution is 0.299. The Hall–Kier alpha value is -1.42. The topological polar surface area (TPSA) is 29.9 Å². The normalized spacial score (nSPS) is 16.9. The van der Waals surface area contributed by atoms with E-state index in [1.165, 1.54) is 6.07 Å². The van der Waals surface area contributed by atoms with Gasteiger partial charge in [-0.15, -0.1) is 0 Å². The lowest BCUT2D eigenvalue weighted by atomic mass is 10.0. The molecule has 4 heteroatoms. The molecule has 0 radical (unpaired) electrons. The van der Waals surface area contributed by atoms with Crippen LogP contribution in [0.4, 0.5) is 4.39 Å². The minimum Gasteiger partial charge on any atom is -0.316 e. The molecule has 1 aliphatic heterocycles. The van der Waals surface area contributed by atoms with Gasteiger partial charge < -0.3 is 5.32 Å².